The first-order valence-corrected chi connectivity index (χ1v) is 6.91. The standard InChI is InChI=1S/C15H19NO3/c1-16-15(17)8-11-4-2-3-10-7-13-14(9-12(10)11)19-6-5-18-13/h7,9,11H,2-6,8H2,1H3,(H,16,17). The zero-order chi connectivity index (χ0) is 13.2. The fourth-order valence-corrected chi connectivity index (χ4v) is 2.98. The number of benzene rings is 1. The van der Waals surface area contributed by atoms with Crippen LogP contribution >= 0.6 is 0 Å². The van der Waals surface area contributed by atoms with Gasteiger partial charge in [0.2, 0.25) is 5.91 Å². The van der Waals surface area contributed by atoms with E-state index in [0.29, 0.717) is 25.6 Å². The Kier molecular flexibility index (Phi) is 3.32. The maximum Gasteiger partial charge on any atom is 0.220 e. The second-order valence-corrected chi connectivity index (χ2v) is 5.16. The van der Waals surface area contributed by atoms with Crippen LogP contribution in [-0.4, -0.2) is 26.2 Å². The highest BCUT2D eigenvalue weighted by atomic mass is 16.6. The highest BCUT2D eigenvalue weighted by Gasteiger charge is 2.25. The number of rotatable bonds is 2. The molecule has 1 atom stereocenters. The molecule has 1 heterocycles. The van der Waals surface area contributed by atoms with Crippen molar-refractivity contribution in [3.05, 3.63) is 23.3 Å². The van der Waals surface area contributed by atoms with Crippen molar-refractivity contribution in [1.29, 1.82) is 0 Å². The van der Waals surface area contributed by atoms with Gasteiger partial charge in [-0.15, -0.1) is 0 Å². The van der Waals surface area contributed by atoms with E-state index >= 15 is 0 Å². The Bertz CT molecular complexity index is 498. The van der Waals surface area contributed by atoms with Gasteiger partial charge in [0.1, 0.15) is 13.2 Å². The summed E-state index contributed by atoms with van der Waals surface area (Å²) >= 11 is 0. The Balaban J connectivity index is 1.92. The van der Waals surface area contributed by atoms with Gasteiger partial charge in [0, 0.05) is 13.5 Å². The third-order valence-corrected chi connectivity index (χ3v) is 3.95. The maximum absolute atomic E-state index is 11.6. The number of carbonyl (C=O) groups excluding carboxylic acids is 1. The molecule has 102 valence electrons. The zero-order valence-electron chi connectivity index (χ0n) is 11.2. The van der Waals surface area contributed by atoms with Gasteiger partial charge < -0.3 is 14.8 Å². The summed E-state index contributed by atoms with van der Waals surface area (Å²) in [5.41, 5.74) is 2.57. The summed E-state index contributed by atoms with van der Waals surface area (Å²) in [6, 6.07) is 4.18. The lowest BCUT2D eigenvalue weighted by Crippen LogP contribution is -2.23. The minimum Gasteiger partial charge on any atom is -0.486 e. The Morgan fingerprint density at radius 2 is 2.05 bits per heavy atom. The number of hydrogen-bond donors (Lipinski definition) is 1. The highest BCUT2D eigenvalue weighted by Crippen LogP contribution is 2.41. The SMILES string of the molecule is CNC(=O)CC1CCCc2cc3c(cc21)OCCO3. The van der Waals surface area contributed by atoms with Crippen molar-refractivity contribution in [2.75, 3.05) is 20.3 Å². The van der Waals surface area contributed by atoms with Gasteiger partial charge in [0.25, 0.3) is 0 Å². The minimum atomic E-state index is 0.104. The van der Waals surface area contributed by atoms with Crippen LogP contribution in [0.1, 0.15) is 36.3 Å². The summed E-state index contributed by atoms with van der Waals surface area (Å²) in [6.45, 7) is 1.22. The monoisotopic (exact) mass is 261 g/mol. The molecule has 0 aromatic heterocycles. The second kappa shape index (κ2) is 5.11. The molecule has 1 aliphatic heterocycles. The van der Waals surface area contributed by atoms with Crippen LogP contribution in [0.25, 0.3) is 0 Å². The Morgan fingerprint density at radius 1 is 1.32 bits per heavy atom. The molecular formula is C15H19NO3. The number of nitrogens with one attached hydrogen (secondary N) is 1. The normalized spacial score (nSPS) is 20.6. The molecule has 2 aliphatic rings. The predicted molar refractivity (Wildman–Crippen MR) is 71.8 cm³/mol. The molecule has 19 heavy (non-hydrogen) atoms. The maximum atomic E-state index is 11.6. The Labute approximate surface area is 113 Å². The Hall–Kier alpha value is -1.71. The van der Waals surface area contributed by atoms with Gasteiger partial charge >= 0.3 is 0 Å². The van der Waals surface area contributed by atoms with Gasteiger partial charge in [0.05, 0.1) is 0 Å². The summed E-state index contributed by atoms with van der Waals surface area (Å²) in [6.07, 6.45) is 3.83. The van der Waals surface area contributed by atoms with Crippen molar-refractivity contribution < 1.29 is 14.3 Å². The molecule has 4 heteroatoms. The molecule has 0 radical (unpaired) electrons. The average Bonchev–Trinajstić information content (AvgIpc) is 2.45. The van der Waals surface area contributed by atoms with Crippen LogP contribution in [0.3, 0.4) is 0 Å². The van der Waals surface area contributed by atoms with Gasteiger partial charge in [-0.2, -0.15) is 0 Å². The van der Waals surface area contributed by atoms with Crippen molar-refractivity contribution in [3.63, 3.8) is 0 Å². The van der Waals surface area contributed by atoms with Crippen molar-refractivity contribution in [3.8, 4) is 11.5 Å². The van der Waals surface area contributed by atoms with Gasteiger partial charge in [-0.3, -0.25) is 4.79 Å². The zero-order valence-corrected chi connectivity index (χ0v) is 11.2. The number of fused-ring (bicyclic) bond motifs is 2. The van der Waals surface area contributed by atoms with E-state index in [4.69, 9.17) is 9.47 Å². The highest BCUT2D eigenvalue weighted by molar-refractivity contribution is 5.76. The lowest BCUT2D eigenvalue weighted by atomic mass is 9.80. The molecule has 0 bridgehead atoms. The molecular weight excluding hydrogens is 242 g/mol. The fraction of sp³-hybridized carbons (Fsp3) is 0.533. The van der Waals surface area contributed by atoms with E-state index in [9.17, 15) is 4.79 Å². The van der Waals surface area contributed by atoms with Gasteiger partial charge in [0.15, 0.2) is 11.5 Å². The smallest absolute Gasteiger partial charge is 0.220 e. The van der Waals surface area contributed by atoms with E-state index in [-0.39, 0.29) is 5.91 Å². The lowest BCUT2D eigenvalue weighted by molar-refractivity contribution is -0.121. The Morgan fingerprint density at radius 3 is 2.79 bits per heavy atom. The summed E-state index contributed by atoms with van der Waals surface area (Å²) in [5.74, 6) is 2.09. The fourth-order valence-electron chi connectivity index (χ4n) is 2.98. The first-order chi connectivity index (χ1) is 9.28. The van der Waals surface area contributed by atoms with E-state index in [0.717, 1.165) is 30.8 Å². The molecule has 1 aliphatic carbocycles. The molecule has 0 spiro atoms. The first kappa shape index (κ1) is 12.3. The summed E-state index contributed by atoms with van der Waals surface area (Å²) in [7, 11) is 1.69. The van der Waals surface area contributed by atoms with Crippen molar-refractivity contribution in [1.82, 2.24) is 5.32 Å². The van der Waals surface area contributed by atoms with Crippen LogP contribution in [0, 0.1) is 0 Å². The molecule has 1 aromatic carbocycles. The third kappa shape index (κ3) is 2.39. The van der Waals surface area contributed by atoms with E-state index in [1.165, 1.54) is 11.1 Å². The number of amides is 1. The molecule has 1 N–H and O–H groups in total. The predicted octanol–water partition coefficient (Wildman–Crippen LogP) is 2.01. The quantitative estimate of drug-likeness (QED) is 0.886. The van der Waals surface area contributed by atoms with Crippen molar-refractivity contribution in [2.24, 2.45) is 0 Å². The molecule has 1 aromatic rings. The molecule has 0 saturated carbocycles. The van der Waals surface area contributed by atoms with E-state index in [2.05, 4.69) is 17.4 Å². The summed E-state index contributed by atoms with van der Waals surface area (Å²) in [4.78, 5) is 11.6. The van der Waals surface area contributed by atoms with Crippen LogP contribution in [-0.2, 0) is 11.2 Å². The molecule has 3 rings (SSSR count). The van der Waals surface area contributed by atoms with Crippen molar-refractivity contribution >= 4 is 5.91 Å². The number of hydrogen-bond acceptors (Lipinski definition) is 3. The topological polar surface area (TPSA) is 47.6 Å². The van der Waals surface area contributed by atoms with E-state index in [1.54, 1.807) is 7.05 Å². The largest absolute Gasteiger partial charge is 0.486 e. The molecule has 4 nitrogen and oxygen atoms in total. The van der Waals surface area contributed by atoms with Crippen molar-refractivity contribution in [2.45, 2.75) is 31.6 Å². The third-order valence-electron chi connectivity index (χ3n) is 3.95. The molecule has 1 amide bonds. The summed E-state index contributed by atoms with van der Waals surface area (Å²) < 4.78 is 11.3. The van der Waals surface area contributed by atoms with Crippen LogP contribution in [0.5, 0.6) is 11.5 Å². The molecule has 1 unspecified atom stereocenters. The number of aryl methyl sites for hydroxylation is 1. The van der Waals surface area contributed by atoms with Crippen LogP contribution in [0.15, 0.2) is 12.1 Å². The average molecular weight is 261 g/mol. The van der Waals surface area contributed by atoms with Crippen LogP contribution in [0.2, 0.25) is 0 Å². The second-order valence-electron chi connectivity index (χ2n) is 5.16. The van der Waals surface area contributed by atoms with Crippen LogP contribution in [0.4, 0.5) is 0 Å². The minimum absolute atomic E-state index is 0.104. The van der Waals surface area contributed by atoms with Crippen LogP contribution < -0.4 is 14.8 Å². The van der Waals surface area contributed by atoms with Gasteiger partial charge in [-0.25, -0.2) is 0 Å². The van der Waals surface area contributed by atoms with E-state index in [1.807, 2.05) is 0 Å². The molecule has 0 fully saturated rings. The number of ether oxygens (including phenoxy) is 2. The summed E-state index contributed by atoms with van der Waals surface area (Å²) in [5, 5.41) is 2.71. The van der Waals surface area contributed by atoms with E-state index < -0.39 is 0 Å². The molecule has 0 saturated heterocycles. The first-order valence-electron chi connectivity index (χ1n) is 6.91. The van der Waals surface area contributed by atoms with Gasteiger partial charge in [-0.05, 0) is 48.4 Å². The van der Waals surface area contributed by atoms with Gasteiger partial charge in [-0.1, -0.05) is 0 Å². The lowest BCUT2D eigenvalue weighted by Gasteiger charge is -2.28. The number of carbonyl (C=O) groups is 1.